The second-order valence-corrected chi connectivity index (χ2v) is 6.71. The van der Waals surface area contributed by atoms with Gasteiger partial charge >= 0.3 is 6.09 Å². The Morgan fingerprint density at radius 3 is 2.67 bits per heavy atom. The number of nitrogens with one attached hydrogen (secondary N) is 2. The van der Waals surface area contributed by atoms with Crippen molar-refractivity contribution in [2.45, 2.75) is 25.8 Å². The summed E-state index contributed by atoms with van der Waals surface area (Å²) in [5.41, 5.74) is 2.34. The molecule has 3 heterocycles. The molecule has 2 aromatic heterocycles. The number of anilines is 1. The van der Waals surface area contributed by atoms with Crippen LogP contribution in [0.2, 0.25) is 0 Å². The van der Waals surface area contributed by atoms with Gasteiger partial charge in [-0.05, 0) is 37.5 Å². The number of ether oxygens (including phenoxy) is 1. The van der Waals surface area contributed by atoms with Gasteiger partial charge in [0.05, 0.1) is 19.3 Å². The number of aromatic nitrogens is 3. The van der Waals surface area contributed by atoms with Crippen LogP contribution in [-0.4, -0.2) is 41.5 Å². The second-order valence-electron chi connectivity index (χ2n) is 6.71. The Hall–Kier alpha value is -3.73. The zero-order chi connectivity index (χ0) is 21.3. The van der Waals surface area contributed by atoms with Crippen molar-refractivity contribution >= 4 is 11.9 Å². The number of carbonyl (C=O) groups is 1. The highest BCUT2D eigenvalue weighted by molar-refractivity contribution is 5.72. The Bertz CT molecular complexity index is 971. The van der Waals surface area contributed by atoms with Gasteiger partial charge in [0.15, 0.2) is 11.6 Å². The lowest BCUT2D eigenvalue weighted by molar-refractivity contribution is 0.170. The van der Waals surface area contributed by atoms with Gasteiger partial charge in [0.25, 0.3) is 0 Å². The van der Waals surface area contributed by atoms with Gasteiger partial charge in [0.1, 0.15) is 5.69 Å². The van der Waals surface area contributed by atoms with E-state index in [0.29, 0.717) is 23.9 Å². The number of amides is 1. The minimum atomic E-state index is -0.490. The van der Waals surface area contributed by atoms with Gasteiger partial charge in [-0.25, -0.2) is 4.79 Å². The number of nitrogens with zero attached hydrogens (tertiary/aromatic N) is 3. The molecule has 1 saturated heterocycles. The molecular weight excluding hydrogens is 382 g/mol. The number of rotatable bonds is 5. The second kappa shape index (κ2) is 10.2. The first-order valence-electron chi connectivity index (χ1n) is 9.75. The summed E-state index contributed by atoms with van der Waals surface area (Å²) in [6.07, 6.45) is 11.0. The van der Waals surface area contributed by atoms with Gasteiger partial charge in [0.2, 0.25) is 5.89 Å². The van der Waals surface area contributed by atoms with Crippen molar-refractivity contribution in [3.8, 4) is 35.8 Å². The van der Waals surface area contributed by atoms with Gasteiger partial charge in [-0.3, -0.25) is 5.10 Å². The van der Waals surface area contributed by atoms with Gasteiger partial charge in [-0.15, -0.1) is 12.8 Å². The first-order chi connectivity index (χ1) is 14.7. The standard InChI is InChI=1S/C20H23N5O3.C2H2/c1-27-20(26)21-13-15-12-16(24-23-15)17-18(25-10-6-3-7-11-25)22-19(28-17)14-8-4-2-5-9-14;1-2/h2,4-5,8-9,12H,3,6-7,10-11,13H2,1H3,(H,21,26)(H,23,24);1-2H. The lowest BCUT2D eigenvalue weighted by Gasteiger charge is -2.26. The summed E-state index contributed by atoms with van der Waals surface area (Å²) in [6, 6.07) is 11.7. The van der Waals surface area contributed by atoms with E-state index in [1.54, 1.807) is 0 Å². The SMILES string of the molecule is C#C.COC(=O)NCc1cc(-c2oc(-c3ccccc3)nc2N2CCCCC2)n[nH]1. The maximum absolute atomic E-state index is 11.3. The Morgan fingerprint density at radius 1 is 1.23 bits per heavy atom. The van der Waals surface area contributed by atoms with Gasteiger partial charge in [-0.2, -0.15) is 10.1 Å². The van der Waals surface area contributed by atoms with E-state index in [1.165, 1.54) is 13.5 Å². The summed E-state index contributed by atoms with van der Waals surface area (Å²) in [7, 11) is 1.33. The van der Waals surface area contributed by atoms with Crippen LogP contribution in [0.15, 0.2) is 40.8 Å². The van der Waals surface area contributed by atoms with Crippen LogP contribution in [0.4, 0.5) is 10.6 Å². The summed E-state index contributed by atoms with van der Waals surface area (Å²) < 4.78 is 10.7. The number of aromatic amines is 1. The molecule has 0 aliphatic carbocycles. The van der Waals surface area contributed by atoms with Crippen molar-refractivity contribution in [2.75, 3.05) is 25.1 Å². The third-order valence-corrected chi connectivity index (χ3v) is 4.76. The summed E-state index contributed by atoms with van der Waals surface area (Å²) >= 11 is 0. The van der Waals surface area contributed by atoms with E-state index < -0.39 is 6.09 Å². The van der Waals surface area contributed by atoms with Crippen molar-refractivity contribution < 1.29 is 13.9 Å². The van der Waals surface area contributed by atoms with Crippen molar-refractivity contribution in [1.29, 1.82) is 0 Å². The predicted octanol–water partition coefficient (Wildman–Crippen LogP) is 3.83. The van der Waals surface area contributed by atoms with E-state index in [4.69, 9.17) is 9.40 Å². The molecule has 2 N–H and O–H groups in total. The summed E-state index contributed by atoms with van der Waals surface area (Å²) in [5.74, 6) is 2.03. The number of carbonyl (C=O) groups excluding carboxylic acids is 1. The molecule has 8 nitrogen and oxygen atoms in total. The summed E-state index contributed by atoms with van der Waals surface area (Å²) in [4.78, 5) is 18.3. The third-order valence-electron chi connectivity index (χ3n) is 4.76. The number of H-pyrrole nitrogens is 1. The molecule has 30 heavy (non-hydrogen) atoms. The van der Waals surface area contributed by atoms with E-state index in [1.807, 2.05) is 36.4 Å². The van der Waals surface area contributed by atoms with Crippen LogP contribution in [0.5, 0.6) is 0 Å². The van der Waals surface area contributed by atoms with Gasteiger partial charge in [-0.1, -0.05) is 18.2 Å². The Kier molecular flexibility index (Phi) is 7.11. The number of benzene rings is 1. The van der Waals surface area contributed by atoms with Crippen molar-refractivity contribution in [1.82, 2.24) is 20.5 Å². The van der Waals surface area contributed by atoms with Crippen LogP contribution in [0, 0.1) is 12.8 Å². The van der Waals surface area contributed by atoms with E-state index in [2.05, 4.69) is 38.0 Å². The highest BCUT2D eigenvalue weighted by Crippen LogP contribution is 2.35. The molecule has 1 aliphatic heterocycles. The fraction of sp³-hybridized carbons (Fsp3) is 0.318. The average molecular weight is 407 g/mol. The zero-order valence-electron chi connectivity index (χ0n) is 16.9. The van der Waals surface area contributed by atoms with Crippen molar-refractivity contribution in [3.63, 3.8) is 0 Å². The molecule has 8 heteroatoms. The molecule has 0 radical (unpaired) electrons. The average Bonchev–Trinajstić information content (AvgIpc) is 3.47. The molecule has 1 aliphatic rings. The number of alkyl carbamates (subject to hydrolysis) is 1. The van der Waals surface area contributed by atoms with Gasteiger partial charge in [0, 0.05) is 18.7 Å². The zero-order valence-corrected chi connectivity index (χ0v) is 16.9. The smallest absolute Gasteiger partial charge is 0.407 e. The Labute approximate surface area is 175 Å². The van der Waals surface area contributed by atoms with E-state index >= 15 is 0 Å². The number of piperidine rings is 1. The fourth-order valence-corrected chi connectivity index (χ4v) is 3.31. The molecule has 0 atom stereocenters. The van der Waals surface area contributed by atoms with E-state index in [0.717, 1.165) is 43.0 Å². The lowest BCUT2D eigenvalue weighted by atomic mass is 10.1. The van der Waals surface area contributed by atoms with E-state index in [9.17, 15) is 4.79 Å². The third kappa shape index (κ3) is 4.81. The summed E-state index contributed by atoms with van der Waals surface area (Å²) in [6.45, 7) is 2.20. The van der Waals surface area contributed by atoms with Crippen LogP contribution < -0.4 is 10.2 Å². The number of hydrogen-bond donors (Lipinski definition) is 2. The van der Waals surface area contributed by atoms with Crippen LogP contribution >= 0.6 is 0 Å². The lowest BCUT2D eigenvalue weighted by Crippen LogP contribution is -2.30. The number of terminal acetylenes is 1. The first-order valence-corrected chi connectivity index (χ1v) is 9.75. The monoisotopic (exact) mass is 407 g/mol. The minimum Gasteiger partial charge on any atom is -0.453 e. The van der Waals surface area contributed by atoms with E-state index in [-0.39, 0.29) is 0 Å². The highest BCUT2D eigenvalue weighted by Gasteiger charge is 2.24. The topological polar surface area (TPSA) is 96.3 Å². The first kappa shape index (κ1) is 21.0. The molecule has 156 valence electrons. The number of oxazole rings is 1. The minimum absolute atomic E-state index is 0.290. The van der Waals surface area contributed by atoms with Gasteiger partial charge < -0.3 is 19.4 Å². The molecule has 0 unspecified atom stereocenters. The van der Waals surface area contributed by atoms with Crippen LogP contribution in [0.25, 0.3) is 22.9 Å². The number of methoxy groups -OCH3 is 1. The molecule has 0 spiro atoms. The molecule has 1 fully saturated rings. The predicted molar refractivity (Wildman–Crippen MR) is 115 cm³/mol. The normalized spacial score (nSPS) is 13.2. The number of hydrogen-bond acceptors (Lipinski definition) is 6. The maximum atomic E-state index is 11.3. The maximum Gasteiger partial charge on any atom is 0.407 e. The molecule has 3 aromatic rings. The van der Waals surface area contributed by atoms with Crippen LogP contribution in [0.1, 0.15) is 25.0 Å². The quantitative estimate of drug-likeness (QED) is 0.624. The summed E-state index contributed by atoms with van der Waals surface area (Å²) in [5, 5.41) is 9.94. The molecular formula is C22H25N5O3. The molecule has 0 saturated carbocycles. The molecule has 1 aromatic carbocycles. The fourth-order valence-electron chi connectivity index (χ4n) is 3.31. The van der Waals surface area contributed by atoms with Crippen LogP contribution in [0.3, 0.4) is 0 Å². The van der Waals surface area contributed by atoms with Crippen molar-refractivity contribution in [2.24, 2.45) is 0 Å². The molecule has 1 amide bonds. The Balaban J connectivity index is 0.00000124. The molecule has 4 rings (SSSR count). The van der Waals surface area contributed by atoms with Crippen molar-refractivity contribution in [3.05, 3.63) is 42.1 Å². The highest BCUT2D eigenvalue weighted by atomic mass is 16.5. The largest absolute Gasteiger partial charge is 0.453 e. The Morgan fingerprint density at radius 2 is 1.97 bits per heavy atom. The molecule has 0 bridgehead atoms. The van der Waals surface area contributed by atoms with Crippen LogP contribution in [-0.2, 0) is 11.3 Å².